The van der Waals surface area contributed by atoms with E-state index in [1.54, 1.807) is 31.5 Å². The van der Waals surface area contributed by atoms with Gasteiger partial charge in [-0.05, 0) is 85.3 Å². The van der Waals surface area contributed by atoms with Crippen LogP contribution in [0.25, 0.3) is 0 Å². The summed E-state index contributed by atoms with van der Waals surface area (Å²) in [6.07, 6.45) is 5.75. The lowest BCUT2D eigenvalue weighted by Gasteiger charge is -2.32. The number of nitrogens with one attached hydrogen (secondary N) is 2. The number of allylic oxidation sites excluding steroid dienone is 3. The van der Waals surface area contributed by atoms with Crippen LogP contribution in [0.2, 0.25) is 0 Å². The molecule has 6 nitrogen and oxygen atoms in total. The maximum Gasteiger partial charge on any atom is 0.127 e. The molecule has 1 heterocycles. The van der Waals surface area contributed by atoms with Crippen molar-refractivity contribution in [2.24, 2.45) is 10.9 Å². The maximum absolute atomic E-state index is 13.8. The van der Waals surface area contributed by atoms with Crippen molar-refractivity contribution < 1.29 is 13.7 Å². The molecule has 2 aromatic rings. The molecule has 37 heavy (non-hydrogen) atoms. The highest BCUT2D eigenvalue weighted by molar-refractivity contribution is 9.12. The molecular formula is C28H36BrFN4O2S. The summed E-state index contributed by atoms with van der Waals surface area (Å²) in [4.78, 5) is 4.60. The molecule has 1 saturated heterocycles. The molecule has 0 radical (unpaired) electrons. The van der Waals surface area contributed by atoms with Gasteiger partial charge >= 0.3 is 0 Å². The van der Waals surface area contributed by atoms with E-state index in [0.29, 0.717) is 17.4 Å². The van der Waals surface area contributed by atoms with Crippen LogP contribution in [0.15, 0.2) is 74.3 Å². The van der Waals surface area contributed by atoms with Crippen molar-refractivity contribution in [2.75, 3.05) is 26.7 Å². The van der Waals surface area contributed by atoms with Crippen molar-refractivity contribution in [3.05, 3.63) is 81.4 Å². The minimum atomic E-state index is -1.38. The van der Waals surface area contributed by atoms with Crippen molar-refractivity contribution in [2.45, 2.75) is 44.6 Å². The number of hydrogen-bond donors (Lipinski definition) is 3. The third-order valence-electron chi connectivity index (χ3n) is 6.39. The van der Waals surface area contributed by atoms with Crippen molar-refractivity contribution in [3.8, 4) is 5.75 Å². The maximum atomic E-state index is 13.8. The smallest absolute Gasteiger partial charge is 0.127 e. The molecule has 0 amide bonds. The fourth-order valence-corrected chi connectivity index (χ4v) is 6.13. The van der Waals surface area contributed by atoms with Gasteiger partial charge in [0.25, 0.3) is 0 Å². The third kappa shape index (κ3) is 8.25. The summed E-state index contributed by atoms with van der Waals surface area (Å²) in [6.45, 7) is 7.96. The molecule has 0 spiro atoms. The van der Waals surface area contributed by atoms with Gasteiger partial charge in [-0.1, -0.05) is 24.3 Å². The van der Waals surface area contributed by atoms with Crippen LogP contribution >= 0.6 is 15.9 Å². The number of aliphatic imine (C=N–C) groups is 1. The number of phenolic OH excluding ortho intramolecular Hbond substituents is 1. The summed E-state index contributed by atoms with van der Waals surface area (Å²) >= 11 is 3.53. The Balaban J connectivity index is 1.69. The second-order valence-corrected chi connectivity index (χ2v) is 11.6. The Morgan fingerprint density at radius 2 is 2.08 bits per heavy atom. The van der Waals surface area contributed by atoms with E-state index >= 15 is 0 Å². The molecule has 0 aliphatic carbocycles. The number of halogens is 2. The highest BCUT2D eigenvalue weighted by Gasteiger charge is 2.25. The number of phenols is 1. The van der Waals surface area contributed by atoms with Gasteiger partial charge in [-0.25, -0.2) is 12.9 Å². The number of benzene rings is 2. The average Bonchev–Trinajstić information content (AvgIpc) is 2.88. The van der Waals surface area contributed by atoms with Crippen LogP contribution in [0, 0.1) is 18.7 Å². The molecule has 0 bridgehead atoms. The molecule has 0 saturated carbocycles. The van der Waals surface area contributed by atoms with Gasteiger partial charge < -0.3 is 15.7 Å². The molecule has 3 atom stereocenters. The number of rotatable bonds is 10. The van der Waals surface area contributed by atoms with Gasteiger partial charge in [0, 0.05) is 49.9 Å². The summed E-state index contributed by atoms with van der Waals surface area (Å²) in [6, 6.07) is 11.5. The van der Waals surface area contributed by atoms with Gasteiger partial charge in [-0.3, -0.25) is 4.99 Å². The molecule has 1 fully saturated rings. The average molecular weight is 592 g/mol. The standard InChI is InChI=1S/C28H36BrFN4O2S/c1-19-11-12-23(30)15-28(19)37(36)34-13-7-8-22(18-34)16-32-20(2)14-26(24-9-5-6-10-27(24)35)33-21(3)25(29)17-31-4/h5-6,9-12,14-15,17,22,26,32-33,35H,7-8,13,16,18H2,1-4H3/b20-14+,25-21-,31-17?. The molecule has 2 aromatic carbocycles. The van der Waals surface area contributed by atoms with E-state index in [1.165, 1.54) is 12.1 Å². The van der Waals surface area contributed by atoms with E-state index in [1.807, 2.05) is 37.2 Å². The molecule has 3 N–H and O–H groups in total. The fraction of sp³-hybridized carbons (Fsp3) is 0.393. The van der Waals surface area contributed by atoms with Gasteiger partial charge in [-0.2, -0.15) is 0 Å². The van der Waals surface area contributed by atoms with Crippen LogP contribution in [-0.4, -0.2) is 46.5 Å². The van der Waals surface area contributed by atoms with E-state index in [2.05, 4.69) is 37.6 Å². The van der Waals surface area contributed by atoms with Crippen LogP contribution in [0.5, 0.6) is 5.75 Å². The molecule has 1 aliphatic heterocycles. The summed E-state index contributed by atoms with van der Waals surface area (Å²) in [7, 11) is 0.329. The summed E-state index contributed by atoms with van der Waals surface area (Å²) < 4.78 is 29.7. The molecule has 0 aromatic heterocycles. The van der Waals surface area contributed by atoms with Crippen LogP contribution < -0.4 is 10.6 Å². The lowest BCUT2D eigenvalue weighted by Crippen LogP contribution is -2.40. The lowest BCUT2D eigenvalue weighted by molar-refractivity contribution is 0.273. The second-order valence-electron chi connectivity index (χ2n) is 9.33. The first-order chi connectivity index (χ1) is 17.7. The zero-order valence-electron chi connectivity index (χ0n) is 21.8. The predicted octanol–water partition coefficient (Wildman–Crippen LogP) is 5.73. The largest absolute Gasteiger partial charge is 0.508 e. The molecule has 3 rings (SSSR count). The molecule has 9 heteroatoms. The van der Waals surface area contributed by atoms with Gasteiger partial charge in [0.2, 0.25) is 0 Å². The fourth-order valence-electron chi connectivity index (χ4n) is 4.33. The summed E-state index contributed by atoms with van der Waals surface area (Å²) in [5.41, 5.74) is 3.46. The zero-order chi connectivity index (χ0) is 26.9. The topological polar surface area (TPSA) is 77.0 Å². The zero-order valence-corrected chi connectivity index (χ0v) is 24.2. The number of aromatic hydroxyl groups is 1. The highest BCUT2D eigenvalue weighted by atomic mass is 79.9. The highest BCUT2D eigenvalue weighted by Crippen LogP contribution is 2.28. The van der Waals surface area contributed by atoms with Gasteiger partial charge in [0.1, 0.15) is 22.6 Å². The van der Waals surface area contributed by atoms with Gasteiger partial charge in [-0.15, -0.1) is 0 Å². The summed E-state index contributed by atoms with van der Waals surface area (Å²) in [5.74, 6) is 0.162. The van der Waals surface area contributed by atoms with Crippen molar-refractivity contribution >= 4 is 33.1 Å². The van der Waals surface area contributed by atoms with Crippen LogP contribution in [0.1, 0.15) is 43.9 Å². The van der Waals surface area contributed by atoms with E-state index < -0.39 is 11.0 Å². The predicted molar refractivity (Wildman–Crippen MR) is 154 cm³/mol. The van der Waals surface area contributed by atoms with E-state index in [9.17, 15) is 13.7 Å². The Labute approximate surface area is 230 Å². The van der Waals surface area contributed by atoms with Crippen LogP contribution in [0.4, 0.5) is 4.39 Å². The van der Waals surface area contributed by atoms with E-state index in [-0.39, 0.29) is 17.6 Å². The van der Waals surface area contributed by atoms with Gasteiger partial charge in [0.05, 0.1) is 15.4 Å². The Morgan fingerprint density at radius 3 is 2.81 bits per heavy atom. The first-order valence-electron chi connectivity index (χ1n) is 12.4. The Hall–Kier alpha value is -2.49. The van der Waals surface area contributed by atoms with Crippen LogP contribution in [-0.2, 0) is 11.0 Å². The number of aryl methyl sites for hydroxylation is 1. The number of para-hydroxylation sites is 1. The lowest BCUT2D eigenvalue weighted by atomic mass is 9.99. The van der Waals surface area contributed by atoms with Crippen molar-refractivity contribution in [1.82, 2.24) is 14.9 Å². The molecule has 200 valence electrons. The van der Waals surface area contributed by atoms with Crippen LogP contribution in [0.3, 0.4) is 0 Å². The first kappa shape index (κ1) is 29.1. The SMILES string of the molecule is CN=C/C(Br)=C(\C)NC(/C=C(\C)NCC1CCCN(S(=O)c2cc(F)ccc2C)C1)c1ccccc1O. The van der Waals surface area contributed by atoms with E-state index in [4.69, 9.17) is 0 Å². The number of hydrogen-bond acceptors (Lipinski definition) is 5. The Kier molecular flexibility index (Phi) is 10.9. The van der Waals surface area contributed by atoms with Crippen molar-refractivity contribution in [1.29, 1.82) is 0 Å². The summed E-state index contributed by atoms with van der Waals surface area (Å²) in [5, 5.41) is 17.5. The quantitative estimate of drug-likeness (QED) is 0.309. The molecule has 1 aliphatic rings. The third-order valence-corrected chi connectivity index (χ3v) is 8.80. The van der Waals surface area contributed by atoms with Gasteiger partial charge in [0.15, 0.2) is 0 Å². The number of nitrogens with zero attached hydrogens (tertiary/aromatic N) is 2. The Morgan fingerprint density at radius 1 is 1.32 bits per heavy atom. The molecular weight excluding hydrogens is 555 g/mol. The molecule has 3 unspecified atom stereocenters. The normalized spacial score (nSPS) is 19.4. The minimum absolute atomic E-state index is 0.218. The Bertz CT molecular complexity index is 1200. The first-order valence-corrected chi connectivity index (χ1v) is 14.3. The minimum Gasteiger partial charge on any atom is -0.508 e. The second kappa shape index (κ2) is 13.9. The monoisotopic (exact) mass is 590 g/mol. The van der Waals surface area contributed by atoms with Crippen molar-refractivity contribution in [3.63, 3.8) is 0 Å². The van der Waals surface area contributed by atoms with E-state index in [0.717, 1.165) is 52.9 Å². The number of piperidine rings is 1.